The summed E-state index contributed by atoms with van der Waals surface area (Å²) in [5.41, 5.74) is 0. The van der Waals surface area contributed by atoms with E-state index in [0.29, 0.717) is 12.5 Å². The van der Waals surface area contributed by atoms with Crippen LogP contribution >= 0.6 is 0 Å². The van der Waals surface area contributed by atoms with E-state index in [9.17, 15) is 9.90 Å². The molecule has 2 atom stereocenters. The minimum atomic E-state index is -0.904. The van der Waals surface area contributed by atoms with E-state index in [2.05, 4.69) is 4.90 Å². The molecule has 0 saturated carbocycles. The van der Waals surface area contributed by atoms with Gasteiger partial charge in [0.15, 0.2) is 0 Å². The van der Waals surface area contributed by atoms with Gasteiger partial charge in [-0.1, -0.05) is 6.08 Å². The van der Waals surface area contributed by atoms with Crippen LogP contribution in [0.5, 0.6) is 0 Å². The SMILES string of the molecule is CC(O)C1CCCN(CC=CC(=O)O)C1. The summed E-state index contributed by atoms with van der Waals surface area (Å²) in [6.07, 6.45) is 4.71. The van der Waals surface area contributed by atoms with Gasteiger partial charge in [0.25, 0.3) is 0 Å². The summed E-state index contributed by atoms with van der Waals surface area (Å²) in [6.45, 7) is 4.34. The Bertz CT molecular complexity index is 238. The number of rotatable bonds is 4. The summed E-state index contributed by atoms with van der Waals surface area (Å²) in [7, 11) is 0. The van der Waals surface area contributed by atoms with Crippen molar-refractivity contribution in [1.29, 1.82) is 0 Å². The fourth-order valence-electron chi connectivity index (χ4n) is 1.95. The number of aliphatic hydroxyl groups is 1. The molecule has 1 aliphatic rings. The topological polar surface area (TPSA) is 60.8 Å². The molecule has 1 rings (SSSR count). The molecule has 1 heterocycles. The van der Waals surface area contributed by atoms with Gasteiger partial charge in [0, 0.05) is 19.2 Å². The van der Waals surface area contributed by atoms with Crippen LogP contribution in [0.1, 0.15) is 19.8 Å². The number of hydrogen-bond donors (Lipinski definition) is 2. The van der Waals surface area contributed by atoms with Gasteiger partial charge in [-0.3, -0.25) is 4.90 Å². The van der Waals surface area contributed by atoms with Crippen LogP contribution in [-0.4, -0.2) is 46.8 Å². The number of aliphatic hydroxyl groups excluding tert-OH is 1. The van der Waals surface area contributed by atoms with Crippen LogP contribution in [0, 0.1) is 5.92 Å². The number of piperidine rings is 1. The number of carboxylic acid groups (broad SMARTS) is 1. The summed E-state index contributed by atoms with van der Waals surface area (Å²) in [5.74, 6) is -0.573. The van der Waals surface area contributed by atoms with Crippen LogP contribution in [-0.2, 0) is 4.79 Å². The molecule has 0 spiro atoms. The van der Waals surface area contributed by atoms with Gasteiger partial charge in [-0.2, -0.15) is 0 Å². The van der Waals surface area contributed by atoms with Crippen LogP contribution in [0.2, 0.25) is 0 Å². The third-order valence-electron chi connectivity index (χ3n) is 2.85. The smallest absolute Gasteiger partial charge is 0.328 e. The predicted molar refractivity (Wildman–Crippen MR) is 57.6 cm³/mol. The van der Waals surface area contributed by atoms with Crippen LogP contribution in [0.4, 0.5) is 0 Å². The molecule has 86 valence electrons. The van der Waals surface area contributed by atoms with Gasteiger partial charge in [0.05, 0.1) is 6.10 Å². The minimum absolute atomic E-state index is 0.267. The van der Waals surface area contributed by atoms with E-state index >= 15 is 0 Å². The van der Waals surface area contributed by atoms with Gasteiger partial charge in [0.2, 0.25) is 0 Å². The lowest BCUT2D eigenvalue weighted by molar-refractivity contribution is -0.131. The number of hydrogen-bond acceptors (Lipinski definition) is 3. The lowest BCUT2D eigenvalue weighted by Gasteiger charge is -2.33. The average Bonchev–Trinajstić information content (AvgIpc) is 2.17. The summed E-state index contributed by atoms with van der Waals surface area (Å²) in [6, 6.07) is 0. The highest BCUT2D eigenvalue weighted by Gasteiger charge is 2.22. The molecule has 2 N–H and O–H groups in total. The van der Waals surface area contributed by atoms with Gasteiger partial charge in [-0.05, 0) is 32.2 Å². The van der Waals surface area contributed by atoms with Gasteiger partial charge in [0.1, 0.15) is 0 Å². The van der Waals surface area contributed by atoms with Crippen LogP contribution in [0.25, 0.3) is 0 Å². The summed E-state index contributed by atoms with van der Waals surface area (Å²) >= 11 is 0. The van der Waals surface area contributed by atoms with Crippen LogP contribution < -0.4 is 0 Å². The number of likely N-dealkylation sites (tertiary alicyclic amines) is 1. The maximum absolute atomic E-state index is 10.3. The van der Waals surface area contributed by atoms with Crippen LogP contribution in [0.15, 0.2) is 12.2 Å². The first-order chi connectivity index (χ1) is 7.09. The second-order valence-electron chi connectivity index (χ2n) is 4.14. The van der Waals surface area contributed by atoms with Crippen molar-refractivity contribution in [2.24, 2.45) is 5.92 Å². The monoisotopic (exact) mass is 213 g/mol. The van der Waals surface area contributed by atoms with Gasteiger partial charge in [-0.25, -0.2) is 4.79 Å². The second-order valence-corrected chi connectivity index (χ2v) is 4.14. The number of aliphatic carboxylic acids is 1. The molecule has 0 aromatic rings. The van der Waals surface area contributed by atoms with E-state index in [1.807, 2.05) is 6.92 Å². The Kier molecular flexibility index (Phi) is 4.78. The van der Waals surface area contributed by atoms with E-state index < -0.39 is 5.97 Å². The molecule has 0 amide bonds. The molecule has 0 aliphatic carbocycles. The highest BCUT2D eigenvalue weighted by atomic mass is 16.4. The first kappa shape index (κ1) is 12.2. The molecule has 2 unspecified atom stereocenters. The zero-order valence-corrected chi connectivity index (χ0v) is 9.09. The highest BCUT2D eigenvalue weighted by Crippen LogP contribution is 2.19. The Morgan fingerprint density at radius 1 is 1.67 bits per heavy atom. The molecular weight excluding hydrogens is 194 g/mol. The second kappa shape index (κ2) is 5.88. The predicted octanol–water partition coefficient (Wildman–Crippen LogP) is 0.720. The Labute approximate surface area is 90.2 Å². The summed E-state index contributed by atoms with van der Waals surface area (Å²) in [5, 5.41) is 17.9. The molecule has 1 fully saturated rings. The maximum atomic E-state index is 10.3. The van der Waals surface area contributed by atoms with Gasteiger partial charge in [-0.15, -0.1) is 0 Å². The van der Waals surface area contributed by atoms with E-state index in [-0.39, 0.29) is 6.10 Å². The van der Waals surface area contributed by atoms with Crippen molar-refractivity contribution in [3.8, 4) is 0 Å². The molecule has 15 heavy (non-hydrogen) atoms. The van der Waals surface area contributed by atoms with Crippen LogP contribution in [0.3, 0.4) is 0 Å². The standard InChI is InChI=1S/C11H19NO3/c1-9(13)10-4-2-6-12(8-10)7-3-5-11(14)15/h3,5,9-10,13H,2,4,6-8H2,1H3,(H,14,15). The number of nitrogens with zero attached hydrogens (tertiary/aromatic N) is 1. The van der Waals surface area contributed by atoms with Gasteiger partial charge < -0.3 is 10.2 Å². The lowest BCUT2D eigenvalue weighted by atomic mass is 9.93. The molecule has 1 saturated heterocycles. The largest absolute Gasteiger partial charge is 0.478 e. The fraction of sp³-hybridized carbons (Fsp3) is 0.727. The van der Waals surface area contributed by atoms with E-state index in [1.54, 1.807) is 6.08 Å². The Morgan fingerprint density at radius 3 is 3.00 bits per heavy atom. The third-order valence-corrected chi connectivity index (χ3v) is 2.85. The zero-order chi connectivity index (χ0) is 11.3. The van der Waals surface area contributed by atoms with Crippen molar-refractivity contribution in [3.05, 3.63) is 12.2 Å². The van der Waals surface area contributed by atoms with Gasteiger partial charge >= 0.3 is 5.97 Å². The van der Waals surface area contributed by atoms with E-state index in [1.165, 1.54) is 6.08 Å². The Hall–Kier alpha value is -0.870. The normalized spacial score (nSPS) is 25.6. The molecule has 1 aliphatic heterocycles. The van der Waals surface area contributed by atoms with Crippen molar-refractivity contribution in [3.63, 3.8) is 0 Å². The maximum Gasteiger partial charge on any atom is 0.328 e. The van der Waals surface area contributed by atoms with Crippen molar-refractivity contribution >= 4 is 5.97 Å². The van der Waals surface area contributed by atoms with E-state index in [0.717, 1.165) is 25.9 Å². The van der Waals surface area contributed by atoms with Crippen molar-refractivity contribution in [1.82, 2.24) is 4.90 Å². The summed E-state index contributed by atoms with van der Waals surface area (Å²) < 4.78 is 0. The molecule has 0 aromatic heterocycles. The lowest BCUT2D eigenvalue weighted by Crippen LogP contribution is -2.39. The van der Waals surface area contributed by atoms with Crippen molar-refractivity contribution in [2.75, 3.05) is 19.6 Å². The molecular formula is C11H19NO3. The number of carboxylic acids is 1. The molecule has 0 aromatic carbocycles. The minimum Gasteiger partial charge on any atom is -0.478 e. The quantitative estimate of drug-likeness (QED) is 0.675. The average molecular weight is 213 g/mol. The van der Waals surface area contributed by atoms with E-state index in [4.69, 9.17) is 5.11 Å². The Balaban J connectivity index is 2.33. The molecule has 0 radical (unpaired) electrons. The fourth-order valence-corrected chi connectivity index (χ4v) is 1.95. The van der Waals surface area contributed by atoms with Crippen molar-refractivity contribution in [2.45, 2.75) is 25.9 Å². The first-order valence-electron chi connectivity index (χ1n) is 5.39. The van der Waals surface area contributed by atoms with Crippen molar-refractivity contribution < 1.29 is 15.0 Å². The number of carbonyl (C=O) groups is 1. The third kappa shape index (κ3) is 4.44. The summed E-state index contributed by atoms with van der Waals surface area (Å²) in [4.78, 5) is 12.4. The molecule has 4 nitrogen and oxygen atoms in total. The molecule has 0 bridgehead atoms. The molecule has 4 heteroatoms. The highest BCUT2D eigenvalue weighted by molar-refractivity contribution is 5.79. The first-order valence-corrected chi connectivity index (χ1v) is 5.39. The Morgan fingerprint density at radius 2 is 2.40 bits per heavy atom. The zero-order valence-electron chi connectivity index (χ0n) is 9.09.